The van der Waals surface area contributed by atoms with E-state index >= 15 is 0 Å². The fraction of sp³-hybridized carbons (Fsp3) is 0.158. The summed E-state index contributed by atoms with van der Waals surface area (Å²) in [7, 11) is 3.08. The summed E-state index contributed by atoms with van der Waals surface area (Å²) in [4.78, 5) is 15.0. The molecule has 4 nitrogen and oxygen atoms in total. The second kappa shape index (κ2) is 7.47. The van der Waals surface area contributed by atoms with Gasteiger partial charge in [0.2, 0.25) is 0 Å². The number of benzene rings is 2. The molecule has 1 fully saturated rings. The third-order valence-corrected chi connectivity index (χ3v) is 5.49. The van der Waals surface area contributed by atoms with Crippen LogP contribution in [0.4, 0.5) is 10.1 Å². The first-order valence-electron chi connectivity index (χ1n) is 7.71. The summed E-state index contributed by atoms with van der Waals surface area (Å²) in [5.41, 5.74) is 2.07. The minimum absolute atomic E-state index is 0.231. The van der Waals surface area contributed by atoms with E-state index < -0.39 is 0 Å². The van der Waals surface area contributed by atoms with Gasteiger partial charge in [0.1, 0.15) is 17.3 Å². The molecule has 0 saturated carbocycles. The predicted molar refractivity (Wildman–Crippen MR) is 106 cm³/mol. The van der Waals surface area contributed by atoms with E-state index in [1.54, 1.807) is 37.4 Å². The lowest BCUT2D eigenvalue weighted by Gasteiger charge is -2.18. The summed E-state index contributed by atoms with van der Waals surface area (Å²) in [6, 6.07) is 11.2. The topological polar surface area (TPSA) is 38.8 Å². The zero-order valence-electron chi connectivity index (χ0n) is 14.4. The lowest BCUT2D eigenvalue weighted by molar-refractivity contribution is -0.113. The highest BCUT2D eigenvalue weighted by molar-refractivity contribution is 8.27. The third-order valence-electron chi connectivity index (χ3n) is 4.01. The number of thiocarbonyl (C=S) groups is 1. The molecule has 0 atom stereocenters. The van der Waals surface area contributed by atoms with Gasteiger partial charge in [-0.2, -0.15) is 0 Å². The van der Waals surface area contributed by atoms with Gasteiger partial charge in [-0.05, 0) is 42.3 Å². The number of carbonyl (C=O) groups is 1. The fourth-order valence-electron chi connectivity index (χ4n) is 2.61. The second-order valence-electron chi connectivity index (χ2n) is 5.51. The van der Waals surface area contributed by atoms with Gasteiger partial charge in [-0.1, -0.05) is 36.1 Å². The third kappa shape index (κ3) is 3.32. The molecule has 0 radical (unpaired) electrons. The Morgan fingerprint density at radius 3 is 2.42 bits per heavy atom. The van der Waals surface area contributed by atoms with Crippen molar-refractivity contribution in [2.75, 3.05) is 19.1 Å². The van der Waals surface area contributed by atoms with E-state index in [9.17, 15) is 9.18 Å². The van der Waals surface area contributed by atoms with Crippen molar-refractivity contribution in [3.63, 3.8) is 0 Å². The predicted octanol–water partition coefficient (Wildman–Crippen LogP) is 4.64. The Labute approximate surface area is 160 Å². The van der Waals surface area contributed by atoms with Crippen molar-refractivity contribution in [2.24, 2.45) is 0 Å². The van der Waals surface area contributed by atoms with Crippen molar-refractivity contribution in [2.45, 2.75) is 6.92 Å². The van der Waals surface area contributed by atoms with Gasteiger partial charge in [0, 0.05) is 6.07 Å². The van der Waals surface area contributed by atoms with E-state index in [0.29, 0.717) is 26.4 Å². The summed E-state index contributed by atoms with van der Waals surface area (Å²) < 4.78 is 24.1. The van der Waals surface area contributed by atoms with Gasteiger partial charge in [0.25, 0.3) is 5.91 Å². The largest absolute Gasteiger partial charge is 0.497 e. The van der Waals surface area contributed by atoms with Gasteiger partial charge < -0.3 is 9.47 Å². The highest BCUT2D eigenvalue weighted by Crippen LogP contribution is 2.42. The number of allylic oxidation sites excluding steroid dienone is 1. The van der Waals surface area contributed by atoms with E-state index in [-0.39, 0.29) is 11.7 Å². The van der Waals surface area contributed by atoms with Gasteiger partial charge in [0.15, 0.2) is 4.32 Å². The van der Waals surface area contributed by atoms with Crippen LogP contribution in [0, 0.1) is 5.82 Å². The molecule has 7 heteroatoms. The van der Waals surface area contributed by atoms with Crippen LogP contribution in [0.1, 0.15) is 12.5 Å². The zero-order valence-corrected chi connectivity index (χ0v) is 16.0. The van der Waals surface area contributed by atoms with E-state index in [4.69, 9.17) is 21.7 Å². The van der Waals surface area contributed by atoms with Crippen LogP contribution in [0.15, 0.2) is 47.4 Å². The number of hydrogen-bond donors (Lipinski definition) is 0. The Morgan fingerprint density at radius 1 is 1.12 bits per heavy atom. The lowest BCUT2D eigenvalue weighted by Crippen LogP contribution is -2.28. The minimum atomic E-state index is -0.322. The Balaban J connectivity index is 2.02. The standard InChI is InChI=1S/C19H16FNO3S2/c1-11(12-4-6-13(20)7-5-12)17-18(22)21(19(25)26-17)15-9-8-14(23-2)10-16(15)24-3/h4-10H,1-3H3/b17-11-. The van der Waals surface area contributed by atoms with E-state index in [1.165, 1.54) is 35.9 Å². The van der Waals surface area contributed by atoms with Crippen LogP contribution in [0.5, 0.6) is 11.5 Å². The monoisotopic (exact) mass is 389 g/mol. The van der Waals surface area contributed by atoms with Gasteiger partial charge >= 0.3 is 0 Å². The molecule has 0 bridgehead atoms. The number of thioether (sulfide) groups is 1. The van der Waals surface area contributed by atoms with Crippen LogP contribution in [0.2, 0.25) is 0 Å². The summed E-state index contributed by atoms with van der Waals surface area (Å²) in [6.45, 7) is 1.82. The molecule has 0 aliphatic carbocycles. The molecule has 1 heterocycles. The summed E-state index contributed by atoms with van der Waals surface area (Å²) in [5, 5.41) is 0. The number of rotatable bonds is 4. The molecule has 1 aliphatic heterocycles. The Kier molecular flexibility index (Phi) is 5.29. The van der Waals surface area contributed by atoms with Crippen molar-refractivity contribution in [1.29, 1.82) is 0 Å². The number of carbonyl (C=O) groups excluding carboxylic acids is 1. The molecule has 0 aromatic heterocycles. The van der Waals surface area contributed by atoms with E-state index in [0.717, 1.165) is 11.1 Å². The molecule has 2 aromatic rings. The van der Waals surface area contributed by atoms with Crippen LogP contribution in [-0.2, 0) is 4.79 Å². The molecule has 2 aromatic carbocycles. The van der Waals surface area contributed by atoms with Crippen LogP contribution in [-0.4, -0.2) is 24.4 Å². The average molecular weight is 389 g/mol. The number of ether oxygens (including phenoxy) is 2. The summed E-state index contributed by atoms with van der Waals surface area (Å²) in [5.74, 6) is 0.553. The maximum absolute atomic E-state index is 13.2. The van der Waals surface area contributed by atoms with Gasteiger partial charge in [-0.15, -0.1) is 0 Å². The first-order chi connectivity index (χ1) is 12.5. The first kappa shape index (κ1) is 18.4. The van der Waals surface area contributed by atoms with Crippen LogP contribution >= 0.6 is 24.0 Å². The van der Waals surface area contributed by atoms with Crippen molar-refractivity contribution >= 4 is 45.5 Å². The van der Waals surface area contributed by atoms with Crippen molar-refractivity contribution in [3.05, 3.63) is 58.8 Å². The number of methoxy groups -OCH3 is 2. The lowest BCUT2D eigenvalue weighted by atomic mass is 10.1. The average Bonchev–Trinajstić information content (AvgIpc) is 2.95. The van der Waals surface area contributed by atoms with Crippen LogP contribution in [0.3, 0.4) is 0 Å². The summed E-state index contributed by atoms with van der Waals surface area (Å²) >= 11 is 6.64. The number of hydrogen-bond acceptors (Lipinski definition) is 5. The van der Waals surface area contributed by atoms with Gasteiger partial charge in [-0.3, -0.25) is 9.69 Å². The van der Waals surface area contributed by atoms with Crippen molar-refractivity contribution < 1.29 is 18.7 Å². The van der Waals surface area contributed by atoms with E-state index in [1.807, 2.05) is 6.92 Å². The number of anilines is 1. The molecule has 1 amide bonds. The Bertz CT molecular complexity index is 910. The van der Waals surface area contributed by atoms with Gasteiger partial charge in [0.05, 0.1) is 24.8 Å². The molecule has 1 aliphatic rings. The number of nitrogens with zero attached hydrogens (tertiary/aromatic N) is 1. The highest BCUT2D eigenvalue weighted by atomic mass is 32.2. The SMILES string of the molecule is COc1ccc(N2C(=O)/C(=C(\C)c3ccc(F)cc3)SC2=S)c(OC)c1. The quantitative estimate of drug-likeness (QED) is 0.563. The van der Waals surface area contributed by atoms with Crippen LogP contribution < -0.4 is 14.4 Å². The minimum Gasteiger partial charge on any atom is -0.497 e. The number of halogens is 1. The van der Waals surface area contributed by atoms with E-state index in [2.05, 4.69) is 0 Å². The molecule has 0 spiro atoms. The smallest absolute Gasteiger partial charge is 0.271 e. The molecule has 0 unspecified atom stereocenters. The number of amides is 1. The summed E-state index contributed by atoms with van der Waals surface area (Å²) in [6.07, 6.45) is 0. The molecule has 0 N–H and O–H groups in total. The molecular weight excluding hydrogens is 373 g/mol. The maximum Gasteiger partial charge on any atom is 0.271 e. The Hall–Kier alpha value is -2.38. The van der Waals surface area contributed by atoms with Crippen LogP contribution in [0.25, 0.3) is 5.57 Å². The molecule has 1 saturated heterocycles. The highest BCUT2D eigenvalue weighted by Gasteiger charge is 2.36. The maximum atomic E-state index is 13.2. The molecule has 26 heavy (non-hydrogen) atoms. The van der Waals surface area contributed by atoms with Gasteiger partial charge in [-0.25, -0.2) is 4.39 Å². The molecular formula is C19H16FNO3S2. The fourth-order valence-corrected chi connectivity index (χ4v) is 3.93. The van der Waals surface area contributed by atoms with Crippen molar-refractivity contribution in [3.8, 4) is 11.5 Å². The molecule has 134 valence electrons. The van der Waals surface area contributed by atoms with Crippen molar-refractivity contribution in [1.82, 2.24) is 0 Å². The second-order valence-corrected chi connectivity index (χ2v) is 7.15. The normalized spacial score (nSPS) is 16.1. The Morgan fingerprint density at radius 2 is 1.81 bits per heavy atom. The zero-order chi connectivity index (χ0) is 18.8. The molecule has 3 rings (SSSR count). The first-order valence-corrected chi connectivity index (χ1v) is 8.94.